The Kier molecular flexibility index (Phi) is 5.52. The zero-order valence-electron chi connectivity index (χ0n) is 8.29. The molecule has 1 aromatic heterocycles. The Hall–Kier alpha value is -0.640. The number of pyridine rings is 1. The molecule has 0 atom stereocenters. The van der Waals surface area contributed by atoms with Gasteiger partial charge in [-0.05, 0) is 19.0 Å². The van der Waals surface area contributed by atoms with Crippen LogP contribution in [0.1, 0.15) is 12.0 Å². The molecule has 3 nitrogen and oxygen atoms in total. The minimum absolute atomic E-state index is 0.576. The van der Waals surface area contributed by atoms with Crippen LogP contribution in [0.25, 0.3) is 0 Å². The lowest BCUT2D eigenvalue weighted by atomic mass is 10.3. The summed E-state index contributed by atoms with van der Waals surface area (Å²) in [6.45, 7) is 2.48. The summed E-state index contributed by atoms with van der Waals surface area (Å²) >= 11 is 5.89. The van der Waals surface area contributed by atoms with Gasteiger partial charge in [0, 0.05) is 32.0 Å². The van der Waals surface area contributed by atoms with Crippen molar-refractivity contribution in [1.82, 2.24) is 10.3 Å². The van der Waals surface area contributed by atoms with Gasteiger partial charge in [-0.2, -0.15) is 0 Å². The highest BCUT2D eigenvalue weighted by Gasteiger charge is 1.98. The molecule has 0 fully saturated rings. The summed E-state index contributed by atoms with van der Waals surface area (Å²) < 4.78 is 4.94. The Morgan fingerprint density at radius 2 is 2.43 bits per heavy atom. The fourth-order valence-corrected chi connectivity index (χ4v) is 1.30. The van der Waals surface area contributed by atoms with Crippen molar-refractivity contribution in [1.29, 1.82) is 0 Å². The number of methoxy groups -OCH3 is 1. The molecule has 0 aliphatic rings. The molecule has 1 heterocycles. The highest BCUT2D eigenvalue weighted by molar-refractivity contribution is 6.30. The third kappa shape index (κ3) is 4.05. The number of hydrogen-bond acceptors (Lipinski definition) is 3. The van der Waals surface area contributed by atoms with Crippen molar-refractivity contribution in [3.63, 3.8) is 0 Å². The van der Waals surface area contributed by atoms with Gasteiger partial charge in [-0.3, -0.25) is 0 Å². The van der Waals surface area contributed by atoms with Crippen LogP contribution in [0.3, 0.4) is 0 Å². The van der Waals surface area contributed by atoms with E-state index in [9.17, 15) is 0 Å². The van der Waals surface area contributed by atoms with Gasteiger partial charge >= 0.3 is 0 Å². The first-order valence-electron chi connectivity index (χ1n) is 4.63. The molecule has 0 aliphatic heterocycles. The Morgan fingerprint density at radius 1 is 1.57 bits per heavy atom. The average Bonchev–Trinajstić information content (AvgIpc) is 2.20. The van der Waals surface area contributed by atoms with Gasteiger partial charge in [0.1, 0.15) is 5.15 Å². The molecule has 1 N–H and O–H groups in total. The number of hydrogen-bond donors (Lipinski definition) is 1. The van der Waals surface area contributed by atoms with Crippen molar-refractivity contribution in [2.75, 3.05) is 20.3 Å². The summed E-state index contributed by atoms with van der Waals surface area (Å²) in [5.74, 6) is 0. The first kappa shape index (κ1) is 11.4. The maximum atomic E-state index is 5.89. The number of rotatable bonds is 6. The molecule has 0 spiro atoms. The number of aromatic nitrogens is 1. The Labute approximate surface area is 89.4 Å². The van der Waals surface area contributed by atoms with E-state index in [-0.39, 0.29) is 0 Å². The van der Waals surface area contributed by atoms with Gasteiger partial charge in [-0.25, -0.2) is 4.98 Å². The monoisotopic (exact) mass is 214 g/mol. The molecule has 0 unspecified atom stereocenters. The lowest BCUT2D eigenvalue weighted by Crippen LogP contribution is -2.16. The van der Waals surface area contributed by atoms with Crippen molar-refractivity contribution in [2.24, 2.45) is 0 Å². The number of halogens is 1. The van der Waals surface area contributed by atoms with Crippen LogP contribution >= 0.6 is 11.6 Å². The largest absolute Gasteiger partial charge is 0.385 e. The third-order valence-corrected chi connectivity index (χ3v) is 2.19. The van der Waals surface area contributed by atoms with E-state index in [1.165, 1.54) is 0 Å². The fourth-order valence-electron chi connectivity index (χ4n) is 1.12. The normalized spacial score (nSPS) is 10.4. The summed E-state index contributed by atoms with van der Waals surface area (Å²) in [5.41, 5.74) is 1.03. The first-order valence-corrected chi connectivity index (χ1v) is 5.01. The number of ether oxygens (including phenoxy) is 1. The molecule has 78 valence electrons. The summed E-state index contributed by atoms with van der Waals surface area (Å²) in [6, 6.07) is 3.86. The van der Waals surface area contributed by atoms with Crippen molar-refractivity contribution in [2.45, 2.75) is 13.0 Å². The smallest absolute Gasteiger partial charge is 0.133 e. The van der Waals surface area contributed by atoms with Crippen LogP contribution < -0.4 is 5.32 Å². The summed E-state index contributed by atoms with van der Waals surface area (Å²) in [4.78, 5) is 3.99. The second-order valence-corrected chi connectivity index (χ2v) is 3.33. The Balaban J connectivity index is 2.21. The predicted octanol–water partition coefficient (Wildman–Crippen LogP) is 1.86. The van der Waals surface area contributed by atoms with Gasteiger partial charge in [-0.1, -0.05) is 17.7 Å². The van der Waals surface area contributed by atoms with Crippen LogP contribution in [0.4, 0.5) is 0 Å². The van der Waals surface area contributed by atoms with Gasteiger partial charge < -0.3 is 10.1 Å². The lowest BCUT2D eigenvalue weighted by Gasteiger charge is -2.05. The molecule has 0 saturated heterocycles. The third-order valence-electron chi connectivity index (χ3n) is 1.85. The summed E-state index contributed by atoms with van der Waals surface area (Å²) in [7, 11) is 1.71. The van der Waals surface area contributed by atoms with E-state index in [1.807, 2.05) is 12.1 Å². The topological polar surface area (TPSA) is 34.1 Å². The van der Waals surface area contributed by atoms with E-state index in [0.717, 1.165) is 31.7 Å². The first-order chi connectivity index (χ1) is 6.84. The van der Waals surface area contributed by atoms with Crippen LogP contribution in [-0.4, -0.2) is 25.2 Å². The van der Waals surface area contributed by atoms with Gasteiger partial charge in [0.15, 0.2) is 0 Å². The average molecular weight is 215 g/mol. The van der Waals surface area contributed by atoms with Crippen molar-refractivity contribution < 1.29 is 4.74 Å². The molecule has 1 aromatic rings. The zero-order chi connectivity index (χ0) is 10.2. The second-order valence-electron chi connectivity index (χ2n) is 2.98. The standard InChI is InChI=1S/C10H15ClN2O/c1-14-7-3-5-12-8-9-4-2-6-13-10(9)11/h2,4,6,12H,3,5,7-8H2,1H3. The Bertz CT molecular complexity index is 268. The highest BCUT2D eigenvalue weighted by Crippen LogP contribution is 2.10. The van der Waals surface area contributed by atoms with Gasteiger partial charge in [0.25, 0.3) is 0 Å². The predicted molar refractivity (Wildman–Crippen MR) is 57.4 cm³/mol. The lowest BCUT2D eigenvalue weighted by molar-refractivity contribution is 0.194. The maximum Gasteiger partial charge on any atom is 0.133 e. The molecule has 14 heavy (non-hydrogen) atoms. The molecule has 0 radical (unpaired) electrons. The molecule has 0 bridgehead atoms. The van der Waals surface area contributed by atoms with Crippen LogP contribution in [0.5, 0.6) is 0 Å². The molecule has 1 rings (SSSR count). The van der Waals surface area contributed by atoms with Crippen LogP contribution in [0.2, 0.25) is 5.15 Å². The van der Waals surface area contributed by atoms with Crippen molar-refractivity contribution >= 4 is 11.6 Å². The molecular weight excluding hydrogens is 200 g/mol. The minimum atomic E-state index is 0.576. The van der Waals surface area contributed by atoms with Crippen LogP contribution in [0.15, 0.2) is 18.3 Å². The summed E-state index contributed by atoms with van der Waals surface area (Å²) in [6.07, 6.45) is 2.70. The number of nitrogens with zero attached hydrogens (tertiary/aromatic N) is 1. The van der Waals surface area contributed by atoms with E-state index in [0.29, 0.717) is 5.15 Å². The van der Waals surface area contributed by atoms with Gasteiger partial charge in [-0.15, -0.1) is 0 Å². The fraction of sp³-hybridized carbons (Fsp3) is 0.500. The van der Waals surface area contributed by atoms with E-state index in [4.69, 9.17) is 16.3 Å². The zero-order valence-corrected chi connectivity index (χ0v) is 9.05. The quantitative estimate of drug-likeness (QED) is 0.580. The van der Waals surface area contributed by atoms with E-state index in [2.05, 4.69) is 10.3 Å². The second kappa shape index (κ2) is 6.76. The molecule has 4 heteroatoms. The van der Waals surface area contributed by atoms with Gasteiger partial charge in [0.05, 0.1) is 0 Å². The maximum absolute atomic E-state index is 5.89. The molecular formula is C10H15ClN2O. The highest BCUT2D eigenvalue weighted by atomic mass is 35.5. The van der Waals surface area contributed by atoms with Crippen LogP contribution in [-0.2, 0) is 11.3 Å². The summed E-state index contributed by atoms with van der Waals surface area (Å²) in [5, 5.41) is 3.85. The van der Waals surface area contributed by atoms with E-state index in [1.54, 1.807) is 13.3 Å². The van der Waals surface area contributed by atoms with E-state index < -0.39 is 0 Å². The SMILES string of the molecule is COCCCNCc1cccnc1Cl. The number of nitrogens with one attached hydrogen (secondary N) is 1. The molecule has 0 saturated carbocycles. The minimum Gasteiger partial charge on any atom is -0.385 e. The van der Waals surface area contributed by atoms with Crippen molar-refractivity contribution in [3.8, 4) is 0 Å². The van der Waals surface area contributed by atoms with Gasteiger partial charge in [0.2, 0.25) is 0 Å². The van der Waals surface area contributed by atoms with Crippen LogP contribution in [0, 0.1) is 0 Å². The molecule has 0 aromatic carbocycles. The molecule has 0 aliphatic carbocycles. The van der Waals surface area contributed by atoms with E-state index >= 15 is 0 Å². The van der Waals surface area contributed by atoms with Crippen molar-refractivity contribution in [3.05, 3.63) is 29.0 Å². The molecule has 0 amide bonds. The Morgan fingerprint density at radius 3 is 3.14 bits per heavy atom.